The van der Waals surface area contributed by atoms with Gasteiger partial charge in [0, 0.05) is 31.3 Å². The minimum Gasteiger partial charge on any atom is -0.488 e. The number of anilines is 1. The number of halogens is 1. The molecule has 140 valence electrons. The highest BCUT2D eigenvalue weighted by Crippen LogP contribution is 2.29. The zero-order valence-corrected chi connectivity index (χ0v) is 14.7. The van der Waals surface area contributed by atoms with Crippen LogP contribution in [0.5, 0.6) is 5.75 Å². The minimum absolute atomic E-state index is 0.128. The average Bonchev–Trinajstić information content (AvgIpc) is 3.19. The summed E-state index contributed by atoms with van der Waals surface area (Å²) in [5.41, 5.74) is -0.393. The number of rotatable bonds is 7. The van der Waals surface area contributed by atoms with Gasteiger partial charge in [0.25, 0.3) is 5.91 Å². The second-order valence-electron chi connectivity index (χ2n) is 6.17. The Bertz CT molecular complexity index is 730. The Hall–Kier alpha value is -2.45. The number of hydrogen-bond donors (Lipinski definition) is 2. The van der Waals surface area contributed by atoms with Crippen molar-refractivity contribution in [3.8, 4) is 5.75 Å². The Balaban J connectivity index is 1.74. The van der Waals surface area contributed by atoms with Crippen LogP contribution in [-0.2, 0) is 15.1 Å². The average molecular weight is 362 g/mol. The summed E-state index contributed by atoms with van der Waals surface area (Å²) in [7, 11) is 1.55. The molecule has 0 spiro atoms. The highest BCUT2D eigenvalue weighted by Gasteiger charge is 2.42. The van der Waals surface area contributed by atoms with Crippen LogP contribution in [0, 0.1) is 5.82 Å². The third-order valence-electron chi connectivity index (χ3n) is 4.53. The predicted molar refractivity (Wildman–Crippen MR) is 94.7 cm³/mol. The number of methoxy groups -OCH3 is 1. The van der Waals surface area contributed by atoms with Crippen LogP contribution < -0.4 is 15.4 Å². The number of piperidine rings is 1. The number of hydrogen-bond acceptors (Lipinski definition) is 5. The van der Waals surface area contributed by atoms with Gasteiger partial charge in [0.1, 0.15) is 12.1 Å². The van der Waals surface area contributed by atoms with Crippen LogP contribution in [0.15, 0.2) is 36.7 Å². The van der Waals surface area contributed by atoms with Gasteiger partial charge in [0.2, 0.25) is 0 Å². The highest BCUT2D eigenvalue weighted by atomic mass is 19.1. The lowest BCUT2D eigenvalue weighted by atomic mass is 9.87. The molecule has 0 radical (unpaired) electrons. The van der Waals surface area contributed by atoms with Crippen molar-refractivity contribution in [3.05, 3.63) is 42.5 Å². The van der Waals surface area contributed by atoms with Gasteiger partial charge in [-0.1, -0.05) is 0 Å². The Morgan fingerprint density at radius 2 is 2.19 bits per heavy atom. The third-order valence-corrected chi connectivity index (χ3v) is 4.53. The standard InChI is InChI=1S/C18H23FN4O3/c1-25-11-12-26-16-4-3-14(13-15(16)19)22-17(24)18(5-8-20-9-6-18)23-10-2-7-21-23/h2-4,7,10,13,20H,5-6,8-9,11-12H2,1H3,(H,22,24). The molecule has 3 rings (SSSR count). The van der Waals surface area contributed by atoms with Gasteiger partial charge in [-0.3, -0.25) is 9.48 Å². The maximum Gasteiger partial charge on any atom is 0.252 e. The molecule has 2 N–H and O–H groups in total. The molecule has 2 aromatic rings. The summed E-state index contributed by atoms with van der Waals surface area (Å²) in [6, 6.07) is 6.19. The lowest BCUT2D eigenvalue weighted by Crippen LogP contribution is -2.52. The molecule has 1 aliphatic heterocycles. The van der Waals surface area contributed by atoms with Crippen LogP contribution in [-0.4, -0.2) is 49.1 Å². The van der Waals surface area contributed by atoms with Crippen molar-refractivity contribution in [3.63, 3.8) is 0 Å². The molecule has 26 heavy (non-hydrogen) atoms. The first kappa shape index (κ1) is 18.3. The number of ether oxygens (including phenoxy) is 2. The molecule has 2 heterocycles. The summed E-state index contributed by atoms with van der Waals surface area (Å²) in [4.78, 5) is 13.0. The molecule has 0 unspecified atom stereocenters. The quantitative estimate of drug-likeness (QED) is 0.734. The van der Waals surface area contributed by atoms with Gasteiger partial charge in [-0.05, 0) is 44.1 Å². The molecular formula is C18H23FN4O3. The highest BCUT2D eigenvalue weighted by molar-refractivity contribution is 5.96. The Labute approximate surface area is 151 Å². The van der Waals surface area contributed by atoms with Gasteiger partial charge >= 0.3 is 0 Å². The molecule has 0 aliphatic carbocycles. The minimum atomic E-state index is -0.779. The number of aromatic nitrogens is 2. The van der Waals surface area contributed by atoms with E-state index in [0.717, 1.165) is 0 Å². The van der Waals surface area contributed by atoms with Gasteiger partial charge in [0.15, 0.2) is 11.6 Å². The van der Waals surface area contributed by atoms with E-state index in [0.29, 0.717) is 38.2 Å². The van der Waals surface area contributed by atoms with Gasteiger partial charge in [0.05, 0.1) is 6.61 Å². The predicted octanol–water partition coefficient (Wildman–Crippen LogP) is 1.76. The van der Waals surface area contributed by atoms with Crippen LogP contribution in [0.4, 0.5) is 10.1 Å². The van der Waals surface area contributed by atoms with E-state index in [-0.39, 0.29) is 18.3 Å². The van der Waals surface area contributed by atoms with Crippen LogP contribution in [0.3, 0.4) is 0 Å². The van der Waals surface area contributed by atoms with Gasteiger partial charge in [-0.25, -0.2) is 4.39 Å². The van der Waals surface area contributed by atoms with E-state index >= 15 is 0 Å². The number of carbonyl (C=O) groups excluding carboxylic acids is 1. The first-order valence-electron chi connectivity index (χ1n) is 8.59. The second-order valence-corrected chi connectivity index (χ2v) is 6.17. The number of amides is 1. The molecule has 1 aliphatic rings. The van der Waals surface area contributed by atoms with Gasteiger partial charge in [-0.2, -0.15) is 5.10 Å². The first-order chi connectivity index (χ1) is 12.7. The monoisotopic (exact) mass is 362 g/mol. The summed E-state index contributed by atoms with van der Waals surface area (Å²) < 4.78 is 26.1. The summed E-state index contributed by atoms with van der Waals surface area (Å²) >= 11 is 0. The van der Waals surface area contributed by atoms with Gasteiger partial charge in [-0.15, -0.1) is 0 Å². The van der Waals surface area contributed by atoms with Gasteiger partial charge < -0.3 is 20.1 Å². The van der Waals surface area contributed by atoms with Crippen LogP contribution in [0.1, 0.15) is 12.8 Å². The summed E-state index contributed by atoms with van der Waals surface area (Å²) in [6.07, 6.45) is 4.67. The first-order valence-corrected chi connectivity index (χ1v) is 8.59. The Morgan fingerprint density at radius 1 is 1.38 bits per heavy atom. The van der Waals surface area contributed by atoms with Crippen LogP contribution in [0.25, 0.3) is 0 Å². The Kier molecular flexibility index (Phi) is 5.85. The molecule has 1 saturated heterocycles. The molecule has 0 atom stereocenters. The molecule has 1 aromatic carbocycles. The molecule has 0 bridgehead atoms. The zero-order chi connectivity index (χ0) is 18.4. The van der Waals surface area contributed by atoms with Crippen molar-refractivity contribution < 1.29 is 18.7 Å². The van der Waals surface area contributed by atoms with E-state index in [1.807, 2.05) is 0 Å². The van der Waals surface area contributed by atoms with E-state index in [4.69, 9.17) is 9.47 Å². The van der Waals surface area contributed by atoms with E-state index in [2.05, 4.69) is 15.7 Å². The lowest BCUT2D eigenvalue weighted by Gasteiger charge is -2.36. The van der Waals surface area contributed by atoms with E-state index in [1.54, 1.807) is 36.3 Å². The topological polar surface area (TPSA) is 77.4 Å². The number of nitrogens with one attached hydrogen (secondary N) is 2. The van der Waals surface area contributed by atoms with Crippen molar-refractivity contribution in [1.82, 2.24) is 15.1 Å². The van der Waals surface area contributed by atoms with Crippen molar-refractivity contribution in [2.24, 2.45) is 0 Å². The van der Waals surface area contributed by atoms with Crippen molar-refractivity contribution in [2.45, 2.75) is 18.4 Å². The lowest BCUT2D eigenvalue weighted by molar-refractivity contribution is -0.126. The zero-order valence-electron chi connectivity index (χ0n) is 14.7. The molecule has 0 saturated carbocycles. The molecule has 1 aromatic heterocycles. The summed E-state index contributed by atoms with van der Waals surface area (Å²) in [5, 5.41) is 10.4. The fraction of sp³-hybridized carbons (Fsp3) is 0.444. The second kappa shape index (κ2) is 8.29. The van der Waals surface area contributed by atoms with Crippen molar-refractivity contribution in [1.29, 1.82) is 0 Å². The number of benzene rings is 1. The molecule has 1 fully saturated rings. The summed E-state index contributed by atoms with van der Waals surface area (Å²) in [6.45, 7) is 2.06. The maximum atomic E-state index is 14.2. The third kappa shape index (κ3) is 3.86. The van der Waals surface area contributed by atoms with Crippen LogP contribution >= 0.6 is 0 Å². The smallest absolute Gasteiger partial charge is 0.252 e. The fourth-order valence-electron chi connectivity index (χ4n) is 3.10. The molecule has 8 heteroatoms. The molecule has 1 amide bonds. The maximum absolute atomic E-state index is 14.2. The molecule has 7 nitrogen and oxygen atoms in total. The Morgan fingerprint density at radius 3 is 2.85 bits per heavy atom. The molecular weight excluding hydrogens is 339 g/mol. The fourth-order valence-corrected chi connectivity index (χ4v) is 3.10. The number of nitrogens with zero attached hydrogens (tertiary/aromatic N) is 2. The van der Waals surface area contributed by atoms with Crippen LogP contribution in [0.2, 0.25) is 0 Å². The normalized spacial score (nSPS) is 16.2. The SMILES string of the molecule is COCCOc1ccc(NC(=O)C2(n3cccn3)CCNCC2)cc1F. The van der Waals surface area contributed by atoms with Crippen molar-refractivity contribution in [2.75, 3.05) is 38.7 Å². The van der Waals surface area contributed by atoms with E-state index in [1.165, 1.54) is 12.1 Å². The van der Waals surface area contributed by atoms with Crippen molar-refractivity contribution >= 4 is 11.6 Å². The largest absolute Gasteiger partial charge is 0.488 e. The van der Waals surface area contributed by atoms with E-state index < -0.39 is 11.4 Å². The van der Waals surface area contributed by atoms with E-state index in [9.17, 15) is 9.18 Å². The number of carbonyl (C=O) groups is 1. The summed E-state index contributed by atoms with van der Waals surface area (Å²) in [5.74, 6) is -0.601.